The minimum atomic E-state index is -3.61. The van der Waals surface area contributed by atoms with Crippen LogP contribution in [0, 0.1) is 0 Å². The van der Waals surface area contributed by atoms with Crippen LogP contribution in [0.1, 0.15) is 20.3 Å². The summed E-state index contributed by atoms with van der Waals surface area (Å²) in [6, 6.07) is 1.59. The highest BCUT2D eigenvalue weighted by atomic mass is 32.2. The normalized spacial score (nSPS) is 13.3. The molecule has 0 spiro atoms. The summed E-state index contributed by atoms with van der Waals surface area (Å²) in [4.78, 5) is -0.0325. The molecule has 0 radical (unpaired) electrons. The minimum Gasteiger partial charge on any atom is -0.392 e. The van der Waals surface area contributed by atoms with Gasteiger partial charge < -0.3 is 5.73 Å². The molecular weight excluding hydrogens is 260 g/mol. The molecule has 0 fully saturated rings. The molecule has 0 aliphatic rings. The lowest BCUT2D eigenvalue weighted by molar-refractivity contribution is 0.593. The Morgan fingerprint density at radius 1 is 1.65 bits per heavy atom. The highest BCUT2D eigenvalue weighted by Gasteiger charge is 2.26. The molecule has 1 atom stereocenters. The van der Waals surface area contributed by atoms with Crippen molar-refractivity contribution in [1.29, 1.82) is 0 Å². The number of aryl methyl sites for hydroxylation is 1. The smallest absolute Gasteiger partial charge is 0.243 e. The number of hydrogen-bond acceptors (Lipinski definition) is 4. The lowest BCUT2D eigenvalue weighted by Gasteiger charge is -2.14. The van der Waals surface area contributed by atoms with Crippen molar-refractivity contribution in [3.8, 4) is 0 Å². The van der Waals surface area contributed by atoms with Crippen LogP contribution in [-0.4, -0.2) is 28.4 Å². The molecule has 1 rings (SSSR count). The van der Waals surface area contributed by atoms with Gasteiger partial charge in [-0.05, 0) is 13.3 Å². The quantitative estimate of drug-likeness (QED) is 0.747. The Hall–Kier alpha value is -1.15. The Bertz CT molecular complexity index is 495. The van der Waals surface area contributed by atoms with E-state index in [2.05, 4.69) is 9.82 Å². The maximum absolute atomic E-state index is 11.9. The van der Waals surface area contributed by atoms with E-state index in [-0.39, 0.29) is 10.8 Å². The Morgan fingerprint density at radius 3 is 2.71 bits per heavy atom. The van der Waals surface area contributed by atoms with Crippen LogP contribution in [0.15, 0.2) is 12.3 Å². The zero-order valence-electron chi connectivity index (χ0n) is 9.75. The summed E-state index contributed by atoms with van der Waals surface area (Å²) in [5, 5.41) is 3.16. The molecule has 0 aliphatic heterocycles. The zero-order chi connectivity index (χ0) is 13.1. The number of hydrogen-bond donors (Lipinski definition) is 2. The van der Waals surface area contributed by atoms with Crippen LogP contribution in [0.25, 0.3) is 0 Å². The third-order valence-electron chi connectivity index (χ3n) is 2.27. The fraction of sp³-hybridized carbons (Fsp3) is 0.556. The van der Waals surface area contributed by atoms with Crippen molar-refractivity contribution < 1.29 is 8.42 Å². The highest BCUT2D eigenvalue weighted by Crippen LogP contribution is 2.12. The molecule has 0 aromatic carbocycles. The molecule has 0 saturated carbocycles. The number of nitrogens with two attached hydrogens (primary N) is 1. The number of rotatable bonds is 6. The summed E-state index contributed by atoms with van der Waals surface area (Å²) in [5.74, 6) is 0.279. The number of sulfonamides is 1. The second-order valence-electron chi connectivity index (χ2n) is 3.50. The number of aromatic nitrogens is 2. The molecular formula is C9H16N4O2S2. The standard InChI is InChI=1S/C9H16N4O2S2/c1-3-7(9(10)16)17(14,15)12-8-5-6-13(4-2)11-8/h5-7H,3-4H2,1-2H3,(H2,10,16)(H,11,12). The molecule has 1 unspecified atom stereocenters. The predicted molar refractivity (Wildman–Crippen MR) is 71.3 cm³/mol. The average Bonchev–Trinajstić information content (AvgIpc) is 2.64. The Labute approximate surface area is 106 Å². The van der Waals surface area contributed by atoms with E-state index in [0.29, 0.717) is 13.0 Å². The second-order valence-corrected chi connectivity index (χ2v) is 5.84. The Kier molecular flexibility index (Phi) is 4.47. The van der Waals surface area contributed by atoms with Crippen molar-refractivity contribution in [1.82, 2.24) is 9.78 Å². The molecule has 1 aromatic rings. The molecule has 0 amide bonds. The topological polar surface area (TPSA) is 90.0 Å². The third-order valence-corrected chi connectivity index (χ3v) is 4.54. The molecule has 96 valence electrons. The molecule has 3 N–H and O–H groups in total. The Morgan fingerprint density at radius 2 is 2.29 bits per heavy atom. The fourth-order valence-electron chi connectivity index (χ4n) is 1.38. The second kappa shape index (κ2) is 5.46. The van der Waals surface area contributed by atoms with Gasteiger partial charge in [0.05, 0.1) is 4.99 Å². The molecule has 0 bridgehead atoms. The van der Waals surface area contributed by atoms with Crippen LogP contribution in [-0.2, 0) is 16.6 Å². The Balaban J connectivity index is 2.89. The van der Waals surface area contributed by atoms with E-state index in [9.17, 15) is 8.42 Å². The summed E-state index contributed by atoms with van der Waals surface area (Å²) in [5.41, 5.74) is 5.41. The predicted octanol–water partition coefficient (Wildman–Crippen LogP) is 0.709. The van der Waals surface area contributed by atoms with E-state index in [0.717, 1.165) is 0 Å². The van der Waals surface area contributed by atoms with Gasteiger partial charge in [0.2, 0.25) is 10.0 Å². The van der Waals surface area contributed by atoms with Crippen LogP contribution in [0.2, 0.25) is 0 Å². The maximum Gasteiger partial charge on any atom is 0.243 e. The molecule has 6 nitrogen and oxygen atoms in total. The monoisotopic (exact) mass is 276 g/mol. The fourth-order valence-corrected chi connectivity index (χ4v) is 3.22. The van der Waals surface area contributed by atoms with Gasteiger partial charge in [-0.15, -0.1) is 0 Å². The van der Waals surface area contributed by atoms with Gasteiger partial charge in [-0.1, -0.05) is 19.1 Å². The van der Waals surface area contributed by atoms with E-state index < -0.39 is 15.3 Å². The van der Waals surface area contributed by atoms with Crippen molar-refractivity contribution in [3.63, 3.8) is 0 Å². The minimum absolute atomic E-state index is 0.0325. The first kappa shape index (κ1) is 13.9. The van der Waals surface area contributed by atoms with Gasteiger partial charge >= 0.3 is 0 Å². The molecule has 1 aromatic heterocycles. The lowest BCUT2D eigenvalue weighted by atomic mass is 10.3. The van der Waals surface area contributed by atoms with Gasteiger partial charge in [-0.2, -0.15) is 5.10 Å². The van der Waals surface area contributed by atoms with Gasteiger partial charge in [0.15, 0.2) is 5.82 Å². The molecule has 8 heteroatoms. The zero-order valence-corrected chi connectivity index (χ0v) is 11.4. The highest BCUT2D eigenvalue weighted by molar-refractivity contribution is 7.95. The summed E-state index contributed by atoms with van der Waals surface area (Å²) < 4.78 is 27.9. The van der Waals surface area contributed by atoms with Crippen molar-refractivity contribution in [2.75, 3.05) is 4.72 Å². The van der Waals surface area contributed by atoms with Gasteiger partial charge in [-0.3, -0.25) is 9.40 Å². The first-order valence-electron chi connectivity index (χ1n) is 5.25. The third kappa shape index (κ3) is 3.40. The van der Waals surface area contributed by atoms with Crippen LogP contribution in [0.3, 0.4) is 0 Å². The van der Waals surface area contributed by atoms with Crippen LogP contribution in [0.4, 0.5) is 5.82 Å². The average molecular weight is 276 g/mol. The van der Waals surface area contributed by atoms with Gasteiger partial charge in [-0.25, -0.2) is 8.42 Å². The van der Waals surface area contributed by atoms with Crippen molar-refractivity contribution in [3.05, 3.63) is 12.3 Å². The first-order chi connectivity index (χ1) is 7.90. The number of anilines is 1. The van der Waals surface area contributed by atoms with E-state index in [1.165, 1.54) is 0 Å². The van der Waals surface area contributed by atoms with Crippen molar-refractivity contribution >= 4 is 33.0 Å². The maximum atomic E-state index is 11.9. The van der Waals surface area contributed by atoms with Crippen LogP contribution < -0.4 is 10.5 Å². The van der Waals surface area contributed by atoms with Crippen LogP contribution in [0.5, 0.6) is 0 Å². The van der Waals surface area contributed by atoms with E-state index in [1.807, 2.05) is 6.92 Å². The number of thiocarbonyl (C=S) groups is 1. The number of nitrogens with zero attached hydrogens (tertiary/aromatic N) is 2. The summed E-state index contributed by atoms with van der Waals surface area (Å²) in [6.07, 6.45) is 2.03. The van der Waals surface area contributed by atoms with E-state index in [4.69, 9.17) is 18.0 Å². The van der Waals surface area contributed by atoms with Gasteiger partial charge in [0, 0.05) is 18.8 Å². The molecule has 1 heterocycles. The largest absolute Gasteiger partial charge is 0.392 e. The summed E-state index contributed by atoms with van der Waals surface area (Å²) in [7, 11) is -3.61. The summed E-state index contributed by atoms with van der Waals surface area (Å²) >= 11 is 4.74. The molecule has 0 aliphatic carbocycles. The number of nitrogens with one attached hydrogen (secondary N) is 1. The SMILES string of the molecule is CCC(C(N)=S)S(=O)(=O)Nc1ccn(CC)n1. The van der Waals surface area contributed by atoms with Gasteiger partial charge in [0.25, 0.3) is 0 Å². The van der Waals surface area contributed by atoms with E-state index >= 15 is 0 Å². The first-order valence-corrected chi connectivity index (χ1v) is 7.20. The van der Waals surface area contributed by atoms with Crippen molar-refractivity contribution in [2.24, 2.45) is 5.73 Å². The van der Waals surface area contributed by atoms with E-state index in [1.54, 1.807) is 23.9 Å². The van der Waals surface area contributed by atoms with Crippen molar-refractivity contribution in [2.45, 2.75) is 32.1 Å². The van der Waals surface area contributed by atoms with Crippen LogP contribution >= 0.6 is 12.2 Å². The van der Waals surface area contributed by atoms with Gasteiger partial charge in [0.1, 0.15) is 5.25 Å². The molecule has 0 saturated heterocycles. The summed E-state index contributed by atoms with van der Waals surface area (Å²) in [6.45, 7) is 4.30. The lowest BCUT2D eigenvalue weighted by Crippen LogP contribution is -2.37. The molecule has 17 heavy (non-hydrogen) atoms.